The molecule has 0 aliphatic carbocycles. The zero-order valence-electron chi connectivity index (χ0n) is 23.1. The summed E-state index contributed by atoms with van der Waals surface area (Å²) in [5, 5.41) is 21.2. The van der Waals surface area contributed by atoms with Crippen LogP contribution in [0.3, 0.4) is 0 Å². The largest absolute Gasteiger partial charge is 0.446 e. The first-order valence-electron chi connectivity index (χ1n) is 12.5. The number of carbonyl (C=O) groups excluding carboxylic acids is 6. The maximum atomic E-state index is 12.4. The van der Waals surface area contributed by atoms with Crippen LogP contribution in [0.15, 0.2) is 0 Å². The van der Waals surface area contributed by atoms with Crippen LogP contribution in [0.25, 0.3) is 0 Å². The van der Waals surface area contributed by atoms with Gasteiger partial charge in [0.05, 0.1) is 45.6 Å². The van der Waals surface area contributed by atoms with Gasteiger partial charge in [-0.15, -0.1) is 0 Å². The molecule has 0 heterocycles. The van der Waals surface area contributed by atoms with E-state index in [1.165, 1.54) is 14.1 Å². The number of aliphatic hydroxyl groups excluding tert-OH is 1. The van der Waals surface area contributed by atoms with Gasteiger partial charge in [-0.1, -0.05) is 0 Å². The third-order valence-electron chi connectivity index (χ3n) is 4.69. The van der Waals surface area contributed by atoms with Crippen LogP contribution in [0.2, 0.25) is 0 Å². The average molecular weight is 612 g/mol. The number of amides is 6. The second-order valence-electron chi connectivity index (χ2n) is 8.02. The Morgan fingerprint density at radius 2 is 1.54 bits per heavy atom. The number of thioether (sulfide) groups is 1. The number of hydrogen-bond acceptors (Lipinski definition) is 13. The van der Waals surface area contributed by atoms with Crippen LogP contribution in [0.4, 0.5) is 9.59 Å². The van der Waals surface area contributed by atoms with E-state index >= 15 is 0 Å². The molecule has 41 heavy (non-hydrogen) atoms. The normalized spacial score (nSPS) is 12.7. The van der Waals surface area contributed by atoms with Gasteiger partial charge < -0.3 is 62.1 Å². The highest BCUT2D eigenvalue weighted by Gasteiger charge is 2.24. The summed E-state index contributed by atoms with van der Waals surface area (Å²) in [5.74, 6) is -2.11. The molecule has 0 fully saturated rings. The lowest BCUT2D eigenvalue weighted by Crippen LogP contribution is -2.54. The summed E-state index contributed by atoms with van der Waals surface area (Å²) in [6, 6.07) is -2.30. The Hall–Kier alpha value is -3.39. The summed E-state index contributed by atoms with van der Waals surface area (Å²) < 4.78 is 20.5. The minimum atomic E-state index is -1.24. The van der Waals surface area contributed by atoms with Gasteiger partial charge in [-0.3, -0.25) is 19.2 Å². The highest BCUT2D eigenvalue weighted by Crippen LogP contribution is 2.09. The van der Waals surface area contributed by atoms with Crippen LogP contribution in [-0.4, -0.2) is 137 Å². The second kappa shape index (κ2) is 23.3. The molecule has 0 aromatic carbocycles. The number of aliphatic hydroxyl groups is 1. The number of rotatable bonds is 22. The fourth-order valence-corrected chi connectivity index (χ4v) is 3.54. The Morgan fingerprint density at radius 3 is 2.15 bits per heavy atom. The molecule has 6 amide bonds. The number of nitrogens with two attached hydrogens (primary N) is 2. The van der Waals surface area contributed by atoms with Gasteiger partial charge in [0.15, 0.2) is 0 Å². The lowest BCUT2D eigenvalue weighted by Gasteiger charge is -2.20. The van der Waals surface area contributed by atoms with Gasteiger partial charge in [-0.25, -0.2) is 9.59 Å². The van der Waals surface area contributed by atoms with Crippen molar-refractivity contribution < 1.29 is 52.8 Å². The highest BCUT2D eigenvalue weighted by molar-refractivity contribution is 7.99. The van der Waals surface area contributed by atoms with Crippen molar-refractivity contribution in [2.24, 2.45) is 11.5 Å². The third kappa shape index (κ3) is 20.2. The molecule has 0 unspecified atom stereocenters. The van der Waals surface area contributed by atoms with Crippen LogP contribution < -0.4 is 38.1 Å². The average Bonchev–Trinajstić information content (AvgIpc) is 2.95. The van der Waals surface area contributed by atoms with Crippen molar-refractivity contribution in [3.05, 3.63) is 0 Å². The Labute approximate surface area is 241 Å². The third-order valence-corrected chi connectivity index (χ3v) is 5.89. The standard InChI is InChI=1S/C22H41N7O11S/c1-25-21(35)39-11-14(40-22(36)26-2)12-41-13-15(23)19(33)29-16(10-30)20(34)27-4-6-38-8-7-37-5-3-18(32)28-9-17(24)31/h14-16,30H,3-13,23H2,1-2H3,(H2,24,31)(H,25,35)(H,26,36)(H,27,34)(H,28,32)(H,29,33)/t14-,15+,16+/m1/s1. The monoisotopic (exact) mass is 611 g/mol. The first kappa shape index (κ1) is 37.6. The summed E-state index contributed by atoms with van der Waals surface area (Å²) in [4.78, 5) is 69.4. The number of alkyl carbamates (subject to hydrolysis) is 2. The molecule has 0 spiro atoms. The Balaban J connectivity index is 4.22. The number of primary amides is 1. The molecule has 0 aromatic heterocycles. The maximum Gasteiger partial charge on any atom is 0.407 e. The highest BCUT2D eigenvalue weighted by atomic mass is 32.2. The van der Waals surface area contributed by atoms with Gasteiger partial charge in [0.2, 0.25) is 23.6 Å². The van der Waals surface area contributed by atoms with Crippen LogP contribution in [0.1, 0.15) is 6.42 Å². The number of carbonyl (C=O) groups is 6. The van der Waals surface area contributed by atoms with Gasteiger partial charge >= 0.3 is 12.2 Å². The molecule has 0 aliphatic rings. The number of nitrogens with one attached hydrogen (secondary N) is 5. The minimum Gasteiger partial charge on any atom is -0.446 e. The van der Waals surface area contributed by atoms with Crippen molar-refractivity contribution in [1.29, 1.82) is 0 Å². The minimum absolute atomic E-state index is 0.0562. The van der Waals surface area contributed by atoms with Crippen LogP contribution in [0.5, 0.6) is 0 Å². The molecule has 0 aliphatic heterocycles. The summed E-state index contributed by atoms with van der Waals surface area (Å²) in [6.07, 6.45) is -2.18. The molecule has 0 aromatic rings. The molecule has 10 N–H and O–H groups in total. The van der Waals surface area contributed by atoms with E-state index in [0.717, 1.165) is 11.8 Å². The van der Waals surface area contributed by atoms with E-state index < -0.39 is 54.7 Å². The molecule has 0 saturated heterocycles. The van der Waals surface area contributed by atoms with E-state index in [9.17, 15) is 33.9 Å². The lowest BCUT2D eigenvalue weighted by atomic mass is 10.2. The van der Waals surface area contributed by atoms with Crippen molar-refractivity contribution in [2.45, 2.75) is 24.6 Å². The van der Waals surface area contributed by atoms with E-state index in [4.69, 9.17) is 30.4 Å². The van der Waals surface area contributed by atoms with Crippen LogP contribution in [0, 0.1) is 0 Å². The van der Waals surface area contributed by atoms with Gasteiger partial charge in [-0.2, -0.15) is 11.8 Å². The zero-order valence-corrected chi connectivity index (χ0v) is 23.9. The van der Waals surface area contributed by atoms with Crippen molar-refractivity contribution >= 4 is 47.6 Å². The fraction of sp³-hybridized carbons (Fsp3) is 0.727. The summed E-state index contributed by atoms with van der Waals surface area (Å²) in [5.41, 5.74) is 10.8. The Bertz CT molecular complexity index is 838. The molecule has 236 valence electrons. The quantitative estimate of drug-likeness (QED) is 0.0539. The van der Waals surface area contributed by atoms with Crippen molar-refractivity contribution in [3.63, 3.8) is 0 Å². The van der Waals surface area contributed by atoms with E-state index in [-0.39, 0.29) is 70.0 Å². The van der Waals surface area contributed by atoms with Crippen molar-refractivity contribution in [3.8, 4) is 0 Å². The van der Waals surface area contributed by atoms with E-state index in [0.29, 0.717) is 0 Å². The lowest BCUT2D eigenvalue weighted by molar-refractivity contribution is -0.130. The predicted octanol–water partition coefficient (Wildman–Crippen LogP) is -4.25. The van der Waals surface area contributed by atoms with Crippen LogP contribution >= 0.6 is 11.8 Å². The SMILES string of the molecule is CNC(=O)OC[C@H](CSC[C@H](N)C(=O)N[C@@H](CO)C(=O)NCCOCCOCCC(=O)NCC(N)=O)OC(=O)NC. The van der Waals surface area contributed by atoms with Gasteiger partial charge in [0.1, 0.15) is 18.8 Å². The molecular formula is C22H41N7O11S. The first-order valence-corrected chi connectivity index (χ1v) is 13.6. The predicted molar refractivity (Wildman–Crippen MR) is 146 cm³/mol. The fourth-order valence-electron chi connectivity index (χ4n) is 2.57. The van der Waals surface area contributed by atoms with Gasteiger partial charge in [0, 0.05) is 38.6 Å². The smallest absolute Gasteiger partial charge is 0.407 e. The summed E-state index contributed by atoms with van der Waals surface area (Å²) >= 11 is 1.15. The molecule has 0 saturated carbocycles. The topological polar surface area (TPSA) is 272 Å². The zero-order chi connectivity index (χ0) is 31.0. The van der Waals surface area contributed by atoms with E-state index in [1.807, 2.05) is 0 Å². The first-order chi connectivity index (χ1) is 19.5. The Kier molecular flexibility index (Phi) is 21.4. The molecular weight excluding hydrogens is 570 g/mol. The van der Waals surface area contributed by atoms with E-state index in [2.05, 4.69) is 26.6 Å². The molecule has 18 nitrogen and oxygen atoms in total. The van der Waals surface area contributed by atoms with Gasteiger partial charge in [-0.05, 0) is 0 Å². The Morgan fingerprint density at radius 1 is 0.878 bits per heavy atom. The number of hydrogen-bond donors (Lipinski definition) is 8. The second-order valence-corrected chi connectivity index (χ2v) is 9.10. The number of ether oxygens (including phenoxy) is 4. The summed E-state index contributed by atoms with van der Waals surface area (Å²) in [6.45, 7) is -0.398. The summed E-state index contributed by atoms with van der Waals surface area (Å²) in [7, 11) is 2.74. The van der Waals surface area contributed by atoms with E-state index in [1.54, 1.807) is 0 Å². The molecule has 0 radical (unpaired) electrons. The van der Waals surface area contributed by atoms with Crippen LogP contribution in [-0.2, 0) is 38.1 Å². The van der Waals surface area contributed by atoms with Crippen molar-refractivity contribution in [1.82, 2.24) is 26.6 Å². The molecule has 0 rings (SSSR count). The molecule has 0 bridgehead atoms. The molecule has 3 atom stereocenters. The molecule has 19 heteroatoms. The maximum absolute atomic E-state index is 12.4. The van der Waals surface area contributed by atoms with Crippen molar-refractivity contribution in [2.75, 3.05) is 78.3 Å². The van der Waals surface area contributed by atoms with Gasteiger partial charge in [0.25, 0.3) is 0 Å².